The predicted molar refractivity (Wildman–Crippen MR) is 132 cm³/mol. The van der Waals surface area contributed by atoms with Crippen molar-refractivity contribution in [2.24, 2.45) is 10.9 Å². The molecule has 2 atom stereocenters. The molecule has 1 saturated carbocycles. The Morgan fingerprint density at radius 2 is 2.13 bits per heavy atom. The third-order valence-electron chi connectivity index (χ3n) is 5.37. The van der Waals surface area contributed by atoms with E-state index in [-0.39, 0.29) is 41.9 Å². The molecule has 0 aromatic heterocycles. The summed E-state index contributed by atoms with van der Waals surface area (Å²) in [6, 6.07) is 5.10. The van der Waals surface area contributed by atoms with Crippen LogP contribution in [-0.4, -0.2) is 51.6 Å². The molecule has 8 heteroatoms. The highest BCUT2D eigenvalue weighted by Crippen LogP contribution is 2.30. The van der Waals surface area contributed by atoms with Crippen LogP contribution in [0.25, 0.3) is 0 Å². The van der Waals surface area contributed by atoms with Gasteiger partial charge >= 0.3 is 0 Å². The number of ether oxygens (including phenoxy) is 3. The Morgan fingerprint density at radius 1 is 1.29 bits per heavy atom. The lowest BCUT2D eigenvalue weighted by Crippen LogP contribution is -2.38. The standard InChI is InChI=1S/C23H36FN3O3.HI/c1-3-25-23(26-11-5-12-28-16-20-6-4-13-29-20)27-17(2)19-9-10-22(21(24)14-19)30-15-18-7-8-18;/h9-10,14,17-18,20H,3-8,11-13,15-16H2,1-2H3,(H2,25,26,27);1H. The molecule has 1 saturated heterocycles. The van der Waals surface area contributed by atoms with Crippen molar-refractivity contribution in [3.8, 4) is 5.75 Å². The van der Waals surface area contributed by atoms with Gasteiger partial charge in [0.05, 0.1) is 25.4 Å². The summed E-state index contributed by atoms with van der Waals surface area (Å²) in [6.07, 6.45) is 5.72. The second-order valence-corrected chi connectivity index (χ2v) is 8.13. The molecule has 0 amide bonds. The van der Waals surface area contributed by atoms with Crippen molar-refractivity contribution in [2.45, 2.75) is 58.1 Å². The van der Waals surface area contributed by atoms with E-state index in [0.717, 1.165) is 43.9 Å². The lowest BCUT2D eigenvalue weighted by molar-refractivity contribution is 0.0171. The van der Waals surface area contributed by atoms with Crippen molar-refractivity contribution in [3.05, 3.63) is 29.6 Å². The maximum atomic E-state index is 14.4. The number of nitrogens with zero attached hydrogens (tertiary/aromatic N) is 1. The summed E-state index contributed by atoms with van der Waals surface area (Å²) in [6.45, 7) is 8.26. The average Bonchev–Trinajstić information content (AvgIpc) is 3.42. The van der Waals surface area contributed by atoms with E-state index in [9.17, 15) is 4.39 Å². The maximum Gasteiger partial charge on any atom is 0.191 e. The Bertz CT molecular complexity index is 682. The van der Waals surface area contributed by atoms with Crippen molar-refractivity contribution in [1.29, 1.82) is 0 Å². The SMILES string of the molecule is CCNC(=NCCCOCC1CCCO1)NC(C)c1ccc(OCC2CC2)c(F)c1.I. The molecule has 3 rings (SSSR count). The molecular weight excluding hydrogens is 512 g/mol. The Kier molecular flexibility index (Phi) is 11.9. The summed E-state index contributed by atoms with van der Waals surface area (Å²) in [5, 5.41) is 6.59. The summed E-state index contributed by atoms with van der Waals surface area (Å²) in [5.41, 5.74) is 0.858. The van der Waals surface area contributed by atoms with E-state index >= 15 is 0 Å². The number of rotatable bonds is 12. The van der Waals surface area contributed by atoms with E-state index in [4.69, 9.17) is 14.2 Å². The van der Waals surface area contributed by atoms with Gasteiger partial charge in [0, 0.05) is 26.3 Å². The lowest BCUT2D eigenvalue weighted by atomic mass is 10.1. The fourth-order valence-electron chi connectivity index (χ4n) is 3.35. The third-order valence-corrected chi connectivity index (χ3v) is 5.37. The van der Waals surface area contributed by atoms with Crippen molar-refractivity contribution < 1.29 is 18.6 Å². The number of nitrogens with one attached hydrogen (secondary N) is 2. The number of hydrogen-bond donors (Lipinski definition) is 2. The molecule has 2 unspecified atom stereocenters. The highest BCUT2D eigenvalue weighted by atomic mass is 127. The van der Waals surface area contributed by atoms with Gasteiger partial charge in [-0.05, 0) is 69.6 Å². The molecule has 1 heterocycles. The Labute approximate surface area is 202 Å². The molecule has 176 valence electrons. The topological polar surface area (TPSA) is 64.1 Å². The summed E-state index contributed by atoms with van der Waals surface area (Å²) in [4.78, 5) is 4.61. The van der Waals surface area contributed by atoms with E-state index in [2.05, 4.69) is 15.6 Å². The third kappa shape index (κ3) is 9.49. The van der Waals surface area contributed by atoms with Crippen LogP contribution in [0.4, 0.5) is 4.39 Å². The summed E-state index contributed by atoms with van der Waals surface area (Å²) >= 11 is 0. The van der Waals surface area contributed by atoms with Crippen LogP contribution in [0.3, 0.4) is 0 Å². The first-order valence-electron chi connectivity index (χ1n) is 11.3. The number of guanidine groups is 1. The number of aliphatic imine (C=N–C) groups is 1. The maximum absolute atomic E-state index is 14.4. The first-order valence-corrected chi connectivity index (χ1v) is 11.3. The van der Waals surface area contributed by atoms with Crippen LogP contribution >= 0.6 is 24.0 Å². The first kappa shape index (κ1) is 26.1. The molecule has 1 aliphatic heterocycles. The number of hydrogen-bond acceptors (Lipinski definition) is 4. The van der Waals surface area contributed by atoms with Crippen LogP contribution in [0.2, 0.25) is 0 Å². The summed E-state index contributed by atoms with van der Waals surface area (Å²) in [7, 11) is 0. The van der Waals surface area contributed by atoms with Crippen LogP contribution in [-0.2, 0) is 9.47 Å². The minimum Gasteiger partial charge on any atom is -0.490 e. The fourth-order valence-corrected chi connectivity index (χ4v) is 3.35. The van der Waals surface area contributed by atoms with Crippen molar-refractivity contribution >= 4 is 29.9 Å². The van der Waals surface area contributed by atoms with Crippen molar-refractivity contribution in [2.75, 3.05) is 39.5 Å². The largest absolute Gasteiger partial charge is 0.490 e. The molecule has 0 spiro atoms. The molecule has 2 fully saturated rings. The summed E-state index contributed by atoms with van der Waals surface area (Å²) < 4.78 is 31.2. The minimum atomic E-state index is -0.313. The normalized spacial score (nSPS) is 19.6. The van der Waals surface area contributed by atoms with Gasteiger partial charge in [-0.15, -0.1) is 24.0 Å². The zero-order valence-electron chi connectivity index (χ0n) is 18.7. The van der Waals surface area contributed by atoms with Gasteiger partial charge in [-0.25, -0.2) is 4.39 Å². The van der Waals surface area contributed by atoms with Crippen LogP contribution in [0.15, 0.2) is 23.2 Å². The second-order valence-electron chi connectivity index (χ2n) is 8.13. The van der Waals surface area contributed by atoms with Gasteiger partial charge in [-0.3, -0.25) is 4.99 Å². The molecule has 0 bridgehead atoms. The first-order chi connectivity index (χ1) is 14.7. The van der Waals surface area contributed by atoms with Crippen LogP contribution in [0.1, 0.15) is 57.6 Å². The zero-order chi connectivity index (χ0) is 21.2. The number of halogens is 2. The molecule has 31 heavy (non-hydrogen) atoms. The van der Waals surface area contributed by atoms with Gasteiger partial charge in [0.1, 0.15) is 0 Å². The molecule has 6 nitrogen and oxygen atoms in total. The molecule has 1 aromatic rings. The molecule has 2 N–H and O–H groups in total. The smallest absolute Gasteiger partial charge is 0.191 e. The Morgan fingerprint density at radius 3 is 2.81 bits per heavy atom. The predicted octanol–water partition coefficient (Wildman–Crippen LogP) is 4.43. The highest BCUT2D eigenvalue weighted by Gasteiger charge is 2.22. The van der Waals surface area contributed by atoms with Crippen LogP contribution in [0.5, 0.6) is 5.75 Å². The molecule has 0 radical (unpaired) electrons. The van der Waals surface area contributed by atoms with Crippen LogP contribution < -0.4 is 15.4 Å². The van der Waals surface area contributed by atoms with Gasteiger partial charge < -0.3 is 24.8 Å². The van der Waals surface area contributed by atoms with Crippen molar-refractivity contribution in [1.82, 2.24) is 10.6 Å². The second kappa shape index (κ2) is 14.1. The van der Waals surface area contributed by atoms with E-state index in [1.807, 2.05) is 19.9 Å². The Hall–Kier alpha value is -1.13. The van der Waals surface area contributed by atoms with E-state index in [0.29, 0.717) is 38.0 Å². The van der Waals surface area contributed by atoms with Crippen LogP contribution in [0, 0.1) is 11.7 Å². The van der Waals surface area contributed by atoms with Crippen molar-refractivity contribution in [3.63, 3.8) is 0 Å². The molecule has 1 aliphatic carbocycles. The fraction of sp³-hybridized carbons (Fsp3) is 0.696. The molecule has 1 aromatic carbocycles. The van der Waals surface area contributed by atoms with E-state index in [1.165, 1.54) is 12.8 Å². The lowest BCUT2D eigenvalue weighted by Gasteiger charge is -2.19. The van der Waals surface area contributed by atoms with Gasteiger partial charge in [-0.1, -0.05) is 6.07 Å². The van der Waals surface area contributed by atoms with Gasteiger partial charge in [0.25, 0.3) is 0 Å². The van der Waals surface area contributed by atoms with Gasteiger partial charge in [0.15, 0.2) is 17.5 Å². The quantitative estimate of drug-likeness (QED) is 0.175. The number of benzene rings is 1. The monoisotopic (exact) mass is 549 g/mol. The molecule has 2 aliphatic rings. The summed E-state index contributed by atoms with van der Waals surface area (Å²) in [5.74, 6) is 1.34. The Balaban J connectivity index is 0.00000341. The zero-order valence-corrected chi connectivity index (χ0v) is 21.0. The average molecular weight is 549 g/mol. The minimum absolute atomic E-state index is 0. The highest BCUT2D eigenvalue weighted by molar-refractivity contribution is 14.0. The van der Waals surface area contributed by atoms with Gasteiger partial charge in [0.2, 0.25) is 0 Å². The molecular formula is C23H37FIN3O3. The van der Waals surface area contributed by atoms with Gasteiger partial charge in [-0.2, -0.15) is 0 Å². The van der Waals surface area contributed by atoms with E-state index in [1.54, 1.807) is 12.1 Å². The van der Waals surface area contributed by atoms with E-state index < -0.39 is 0 Å².